The molecule has 1 rings (SSSR count). The van der Waals surface area contributed by atoms with Crippen molar-refractivity contribution in [2.45, 2.75) is 65.3 Å². The highest BCUT2D eigenvalue weighted by molar-refractivity contribution is 9.10. The summed E-state index contributed by atoms with van der Waals surface area (Å²) in [6, 6.07) is 6.15. The molecular formula is C20H33BrO2Si. The molecule has 24 heavy (non-hydrogen) atoms. The second-order valence-corrected chi connectivity index (χ2v) is 13.8. The van der Waals surface area contributed by atoms with Crippen molar-refractivity contribution in [2.24, 2.45) is 5.92 Å². The van der Waals surface area contributed by atoms with Gasteiger partial charge in [-0.3, -0.25) is 0 Å². The van der Waals surface area contributed by atoms with Gasteiger partial charge >= 0.3 is 0 Å². The molecule has 0 aliphatic heterocycles. The van der Waals surface area contributed by atoms with Crippen molar-refractivity contribution in [2.75, 3.05) is 7.11 Å². The van der Waals surface area contributed by atoms with Crippen LogP contribution in [0.3, 0.4) is 0 Å². The summed E-state index contributed by atoms with van der Waals surface area (Å²) in [5.74, 6) is 1.17. The highest BCUT2D eigenvalue weighted by Gasteiger charge is 2.40. The maximum absolute atomic E-state index is 6.77. The molecule has 0 bridgehead atoms. The molecule has 2 atom stereocenters. The highest BCUT2D eigenvalue weighted by Crippen LogP contribution is 2.39. The molecule has 0 radical (unpaired) electrons. The van der Waals surface area contributed by atoms with Crippen LogP contribution >= 0.6 is 15.9 Å². The lowest BCUT2D eigenvalue weighted by atomic mass is 9.93. The molecular weight excluding hydrogens is 380 g/mol. The third-order valence-corrected chi connectivity index (χ3v) is 10.5. The number of halogens is 1. The maximum atomic E-state index is 6.77. The molecule has 0 saturated heterocycles. The molecule has 0 saturated carbocycles. The zero-order chi connectivity index (χ0) is 18.7. The number of benzene rings is 1. The van der Waals surface area contributed by atoms with Crippen molar-refractivity contribution in [1.82, 2.24) is 0 Å². The van der Waals surface area contributed by atoms with Gasteiger partial charge in [-0.05, 0) is 49.2 Å². The Hall–Kier alpha value is -0.583. The molecule has 0 spiro atoms. The van der Waals surface area contributed by atoms with Crippen LogP contribution in [0.25, 0.3) is 0 Å². The van der Waals surface area contributed by atoms with Gasteiger partial charge < -0.3 is 9.16 Å². The van der Waals surface area contributed by atoms with Gasteiger partial charge in [-0.1, -0.05) is 61.8 Å². The van der Waals surface area contributed by atoms with Gasteiger partial charge in [0, 0.05) is 10.4 Å². The Morgan fingerprint density at radius 2 is 1.88 bits per heavy atom. The van der Waals surface area contributed by atoms with E-state index in [4.69, 9.17) is 9.16 Å². The van der Waals surface area contributed by atoms with E-state index in [1.165, 1.54) is 11.1 Å². The van der Waals surface area contributed by atoms with E-state index in [2.05, 4.69) is 76.3 Å². The number of hydrogen-bond acceptors (Lipinski definition) is 2. The van der Waals surface area contributed by atoms with Gasteiger partial charge in [-0.2, -0.15) is 0 Å². The zero-order valence-electron chi connectivity index (χ0n) is 16.5. The van der Waals surface area contributed by atoms with Crippen LogP contribution in [-0.2, 0) is 10.8 Å². The maximum Gasteiger partial charge on any atom is 0.192 e. The number of ether oxygens (including phenoxy) is 1. The van der Waals surface area contributed by atoms with E-state index >= 15 is 0 Å². The third-order valence-electron chi connectivity index (χ3n) is 5.27. The number of hydrogen-bond donors (Lipinski definition) is 0. The minimum Gasteiger partial charge on any atom is -0.497 e. The Bertz CT molecular complexity index is 575. The topological polar surface area (TPSA) is 18.5 Å². The molecule has 0 unspecified atom stereocenters. The van der Waals surface area contributed by atoms with E-state index in [1.807, 2.05) is 12.1 Å². The molecule has 0 aromatic heterocycles. The first-order chi connectivity index (χ1) is 10.9. The largest absolute Gasteiger partial charge is 0.497 e. The van der Waals surface area contributed by atoms with Crippen LogP contribution in [0.15, 0.2) is 34.8 Å². The van der Waals surface area contributed by atoms with E-state index in [-0.39, 0.29) is 11.1 Å². The monoisotopic (exact) mass is 412 g/mol. The van der Waals surface area contributed by atoms with Crippen molar-refractivity contribution in [1.29, 1.82) is 0 Å². The smallest absolute Gasteiger partial charge is 0.192 e. The Kier molecular flexibility index (Phi) is 7.33. The standard InChI is InChI=1S/C20H33BrO2Si/c1-14(2)15(3)19(23-24(8,9)20(4,5)6)12-16-10-11-17(22-7)13-18(16)21/h10-11,13,15,19H,1,12H2,2-9H3/t15-,19-/m0/s1. The fraction of sp³-hybridized carbons (Fsp3) is 0.600. The van der Waals surface area contributed by atoms with Crippen LogP contribution in [0.5, 0.6) is 5.75 Å². The average molecular weight is 413 g/mol. The van der Waals surface area contributed by atoms with Crippen molar-refractivity contribution in [3.63, 3.8) is 0 Å². The van der Waals surface area contributed by atoms with Crippen molar-refractivity contribution < 1.29 is 9.16 Å². The predicted molar refractivity (Wildman–Crippen MR) is 110 cm³/mol. The lowest BCUT2D eigenvalue weighted by Crippen LogP contribution is -2.46. The Balaban J connectivity index is 3.10. The summed E-state index contributed by atoms with van der Waals surface area (Å²) in [7, 11) is -0.158. The lowest BCUT2D eigenvalue weighted by Gasteiger charge is -2.41. The van der Waals surface area contributed by atoms with E-state index < -0.39 is 8.32 Å². The lowest BCUT2D eigenvalue weighted by molar-refractivity contribution is 0.141. The van der Waals surface area contributed by atoms with E-state index in [9.17, 15) is 0 Å². The predicted octanol–water partition coefficient (Wildman–Crippen LogP) is 6.60. The van der Waals surface area contributed by atoms with Crippen molar-refractivity contribution in [3.8, 4) is 5.75 Å². The molecule has 0 N–H and O–H groups in total. The van der Waals surface area contributed by atoms with Crippen LogP contribution < -0.4 is 4.74 Å². The Morgan fingerprint density at radius 3 is 2.29 bits per heavy atom. The minimum absolute atomic E-state index is 0.132. The van der Waals surface area contributed by atoms with Gasteiger partial charge in [0.25, 0.3) is 0 Å². The van der Waals surface area contributed by atoms with E-state index in [0.717, 1.165) is 16.6 Å². The van der Waals surface area contributed by atoms with Crippen molar-refractivity contribution >= 4 is 24.2 Å². The molecule has 1 aromatic rings. The Labute approximate surface area is 157 Å². The van der Waals surface area contributed by atoms with E-state index in [0.29, 0.717) is 5.92 Å². The summed E-state index contributed by atoms with van der Waals surface area (Å²) >= 11 is 3.68. The molecule has 2 nitrogen and oxygen atoms in total. The quantitative estimate of drug-likeness (QED) is 0.370. The fourth-order valence-electron chi connectivity index (χ4n) is 2.23. The van der Waals surface area contributed by atoms with Crippen LogP contribution in [0.2, 0.25) is 18.1 Å². The van der Waals surface area contributed by atoms with Crippen LogP contribution in [0.1, 0.15) is 40.2 Å². The molecule has 0 amide bonds. The third kappa shape index (κ3) is 5.47. The van der Waals surface area contributed by atoms with Gasteiger partial charge in [0.15, 0.2) is 8.32 Å². The molecule has 136 valence electrons. The molecule has 0 fully saturated rings. The van der Waals surface area contributed by atoms with Crippen LogP contribution in [-0.4, -0.2) is 21.5 Å². The first-order valence-corrected chi connectivity index (χ1v) is 12.2. The molecule has 0 aliphatic carbocycles. The molecule has 0 heterocycles. The zero-order valence-corrected chi connectivity index (χ0v) is 19.1. The van der Waals surface area contributed by atoms with Crippen LogP contribution in [0, 0.1) is 5.92 Å². The summed E-state index contributed by atoms with van der Waals surface area (Å²) in [5.41, 5.74) is 2.41. The summed E-state index contributed by atoms with van der Waals surface area (Å²) in [4.78, 5) is 0. The average Bonchev–Trinajstić information content (AvgIpc) is 2.46. The van der Waals surface area contributed by atoms with Gasteiger partial charge in [0.1, 0.15) is 5.75 Å². The number of rotatable bonds is 7. The first kappa shape index (κ1) is 21.5. The highest BCUT2D eigenvalue weighted by atomic mass is 79.9. The normalized spacial score (nSPS) is 15.0. The minimum atomic E-state index is -1.85. The fourth-order valence-corrected chi connectivity index (χ4v) is 4.15. The summed E-state index contributed by atoms with van der Waals surface area (Å²) in [5, 5.41) is 0.192. The molecule has 1 aromatic carbocycles. The second kappa shape index (κ2) is 8.20. The van der Waals surface area contributed by atoms with E-state index in [1.54, 1.807) is 7.11 Å². The molecule has 0 aliphatic rings. The summed E-state index contributed by atoms with van der Waals surface area (Å²) < 4.78 is 13.1. The van der Waals surface area contributed by atoms with Gasteiger partial charge in [0.05, 0.1) is 13.2 Å². The molecule has 4 heteroatoms. The SMILES string of the molecule is C=C(C)[C@H](C)[C@H](Cc1ccc(OC)cc1Br)O[Si](C)(C)C(C)(C)C. The summed E-state index contributed by atoms with van der Waals surface area (Å²) in [6.45, 7) is 20.0. The van der Waals surface area contributed by atoms with Gasteiger partial charge in [-0.15, -0.1) is 0 Å². The summed E-state index contributed by atoms with van der Waals surface area (Å²) in [6.07, 6.45) is 0.999. The second-order valence-electron chi connectivity index (χ2n) is 8.21. The van der Waals surface area contributed by atoms with Crippen molar-refractivity contribution in [3.05, 3.63) is 40.4 Å². The number of methoxy groups -OCH3 is 1. The first-order valence-electron chi connectivity index (χ1n) is 8.54. The Morgan fingerprint density at radius 1 is 1.29 bits per heavy atom. The van der Waals surface area contributed by atoms with Gasteiger partial charge in [-0.25, -0.2) is 0 Å². The van der Waals surface area contributed by atoms with Gasteiger partial charge in [0.2, 0.25) is 0 Å². The van der Waals surface area contributed by atoms with Crippen LogP contribution in [0.4, 0.5) is 0 Å².